The molecule has 1 fully saturated rings. The molecule has 0 atom stereocenters. The number of hydrogen-bond donors (Lipinski definition) is 0. The minimum absolute atomic E-state index is 0.380. The molecule has 0 aliphatic carbocycles. The monoisotopic (exact) mass is 521 g/mol. The van der Waals surface area contributed by atoms with E-state index >= 15 is 0 Å². The van der Waals surface area contributed by atoms with Crippen LogP contribution >= 0.6 is 15.9 Å². The fourth-order valence-corrected chi connectivity index (χ4v) is 4.69. The number of carbonyl (C=O) groups excluding carboxylic acids is 1. The van der Waals surface area contributed by atoms with Crippen LogP contribution in [0.1, 0.15) is 53.7 Å². The number of para-hydroxylation sites is 1. The molecule has 3 aromatic rings. The molecule has 0 bridgehead atoms. The molecule has 0 unspecified atom stereocenters. The summed E-state index contributed by atoms with van der Waals surface area (Å²) in [6.07, 6.45) is 2.37. The Balaban J connectivity index is 1.63. The first-order valence-electron chi connectivity index (χ1n) is 11.8. The van der Waals surface area contributed by atoms with Crippen molar-refractivity contribution in [2.24, 2.45) is 5.41 Å². The summed E-state index contributed by atoms with van der Waals surface area (Å²) in [5.74, 6) is 0.647. The van der Waals surface area contributed by atoms with E-state index in [1.807, 2.05) is 61.5 Å². The first kappa shape index (κ1) is 24.5. The Morgan fingerprint density at radius 1 is 1.00 bits per heavy atom. The second-order valence-corrected chi connectivity index (χ2v) is 10.6. The normalized spacial score (nSPS) is 15.6. The molecular formula is C29H32BrNO3. The highest BCUT2D eigenvalue weighted by Gasteiger charge is 2.27. The van der Waals surface area contributed by atoms with E-state index in [2.05, 4.69) is 34.7 Å². The van der Waals surface area contributed by atoms with Crippen LogP contribution < -0.4 is 9.47 Å². The van der Waals surface area contributed by atoms with Crippen LogP contribution in [0.2, 0.25) is 0 Å². The Hall–Kier alpha value is -2.63. The summed E-state index contributed by atoms with van der Waals surface area (Å²) in [4.78, 5) is 15.7. The van der Waals surface area contributed by atoms with Crippen LogP contribution in [0.25, 0.3) is 0 Å². The molecule has 0 aromatic heterocycles. The van der Waals surface area contributed by atoms with Gasteiger partial charge in [-0.2, -0.15) is 0 Å². The highest BCUT2D eigenvalue weighted by molar-refractivity contribution is 9.10. The van der Waals surface area contributed by atoms with Crippen LogP contribution in [0, 0.1) is 12.3 Å². The van der Waals surface area contributed by atoms with E-state index in [1.54, 1.807) is 12.1 Å². The quantitative estimate of drug-likeness (QED) is 0.244. The zero-order valence-electron chi connectivity index (χ0n) is 20.1. The molecular weight excluding hydrogens is 490 g/mol. The summed E-state index contributed by atoms with van der Waals surface area (Å²) >= 11 is 3.77. The van der Waals surface area contributed by atoms with E-state index in [-0.39, 0.29) is 0 Å². The van der Waals surface area contributed by atoms with Crippen LogP contribution in [0.5, 0.6) is 11.5 Å². The van der Waals surface area contributed by atoms with Gasteiger partial charge in [-0.05, 0) is 73.2 Å². The first-order chi connectivity index (χ1) is 16.3. The molecule has 0 radical (unpaired) electrons. The van der Waals surface area contributed by atoms with Crippen LogP contribution in [0.3, 0.4) is 0 Å². The molecule has 0 N–H and O–H groups in total. The number of hydrogen-bond acceptors (Lipinski definition) is 4. The Labute approximate surface area is 211 Å². The molecule has 0 saturated carbocycles. The van der Waals surface area contributed by atoms with Gasteiger partial charge in [0, 0.05) is 11.0 Å². The van der Waals surface area contributed by atoms with Crippen LogP contribution in [-0.4, -0.2) is 24.0 Å². The summed E-state index contributed by atoms with van der Waals surface area (Å²) in [5, 5.41) is 0. The van der Waals surface area contributed by atoms with Gasteiger partial charge in [0.25, 0.3) is 0 Å². The number of halogens is 1. The number of nitrogens with zero attached hydrogens (tertiary/aromatic N) is 1. The van der Waals surface area contributed by atoms with Crippen LogP contribution in [0.15, 0.2) is 71.2 Å². The third-order valence-electron chi connectivity index (χ3n) is 6.54. The van der Waals surface area contributed by atoms with Gasteiger partial charge >= 0.3 is 5.97 Å². The third kappa shape index (κ3) is 6.08. The summed E-state index contributed by atoms with van der Waals surface area (Å²) < 4.78 is 12.9. The maximum Gasteiger partial charge on any atom is 0.347 e. The molecule has 5 heteroatoms. The SMILES string of the molecule is Cc1c(Br)c(CN2CCC(C)(C)CC2)cc(OCc2ccccc2)c1C(=O)Oc1ccccc1. The van der Waals surface area contributed by atoms with Crippen molar-refractivity contribution in [3.8, 4) is 11.5 Å². The Kier molecular flexibility index (Phi) is 7.74. The molecule has 0 amide bonds. The second-order valence-electron chi connectivity index (χ2n) is 9.77. The van der Waals surface area contributed by atoms with E-state index in [9.17, 15) is 4.79 Å². The van der Waals surface area contributed by atoms with E-state index in [4.69, 9.17) is 9.47 Å². The fourth-order valence-electron chi connectivity index (χ4n) is 4.25. The minimum Gasteiger partial charge on any atom is -0.488 e. The van der Waals surface area contributed by atoms with Gasteiger partial charge in [0.2, 0.25) is 0 Å². The molecule has 1 heterocycles. The number of carbonyl (C=O) groups is 1. The summed E-state index contributed by atoms with van der Waals surface area (Å²) in [6, 6.07) is 21.1. The molecule has 1 aliphatic heterocycles. The molecule has 4 nitrogen and oxygen atoms in total. The van der Waals surface area contributed by atoms with Crippen molar-refractivity contribution in [2.75, 3.05) is 13.1 Å². The average Bonchev–Trinajstić information content (AvgIpc) is 2.83. The van der Waals surface area contributed by atoms with Crippen molar-refractivity contribution in [3.05, 3.63) is 93.5 Å². The fraction of sp³-hybridized carbons (Fsp3) is 0.345. The molecule has 178 valence electrons. The van der Waals surface area contributed by atoms with Gasteiger partial charge in [0.1, 0.15) is 23.7 Å². The van der Waals surface area contributed by atoms with E-state index in [0.29, 0.717) is 29.1 Å². The second kappa shape index (κ2) is 10.7. The van der Waals surface area contributed by atoms with E-state index < -0.39 is 5.97 Å². The lowest BCUT2D eigenvalue weighted by Gasteiger charge is -2.37. The van der Waals surface area contributed by atoms with Gasteiger partial charge in [0.05, 0.1) is 0 Å². The summed E-state index contributed by atoms with van der Waals surface area (Å²) in [6.45, 7) is 9.95. The average molecular weight is 522 g/mol. The first-order valence-corrected chi connectivity index (χ1v) is 12.6. The maximum absolute atomic E-state index is 13.3. The Bertz CT molecular complexity index is 1120. The van der Waals surface area contributed by atoms with Gasteiger partial charge in [0.15, 0.2) is 0 Å². The van der Waals surface area contributed by atoms with Crippen molar-refractivity contribution in [1.29, 1.82) is 0 Å². The van der Waals surface area contributed by atoms with Gasteiger partial charge in [-0.25, -0.2) is 4.79 Å². The summed E-state index contributed by atoms with van der Waals surface area (Å²) in [7, 11) is 0. The van der Waals surface area contributed by atoms with Crippen molar-refractivity contribution >= 4 is 21.9 Å². The molecule has 4 rings (SSSR count). The number of piperidine rings is 1. The van der Waals surface area contributed by atoms with Crippen molar-refractivity contribution < 1.29 is 14.3 Å². The predicted octanol–water partition coefficient (Wildman–Crippen LogP) is 7.18. The van der Waals surface area contributed by atoms with E-state index in [1.165, 1.54) is 12.8 Å². The zero-order chi connectivity index (χ0) is 24.1. The lowest BCUT2D eigenvalue weighted by atomic mass is 9.82. The van der Waals surface area contributed by atoms with Crippen molar-refractivity contribution in [1.82, 2.24) is 4.90 Å². The molecule has 0 spiro atoms. The van der Waals surface area contributed by atoms with Gasteiger partial charge in [-0.1, -0.05) is 78.3 Å². The van der Waals surface area contributed by atoms with Gasteiger partial charge in [-0.15, -0.1) is 0 Å². The molecule has 3 aromatic carbocycles. The number of benzene rings is 3. The largest absolute Gasteiger partial charge is 0.488 e. The number of likely N-dealkylation sites (tertiary alicyclic amines) is 1. The maximum atomic E-state index is 13.3. The predicted molar refractivity (Wildman–Crippen MR) is 139 cm³/mol. The summed E-state index contributed by atoms with van der Waals surface area (Å²) in [5.41, 5.74) is 3.86. The van der Waals surface area contributed by atoms with Crippen molar-refractivity contribution in [2.45, 2.75) is 46.8 Å². The molecule has 1 saturated heterocycles. The topological polar surface area (TPSA) is 38.8 Å². The van der Waals surface area contributed by atoms with Crippen LogP contribution in [0.4, 0.5) is 0 Å². The highest BCUT2D eigenvalue weighted by Crippen LogP contribution is 2.36. The lowest BCUT2D eigenvalue weighted by Crippen LogP contribution is -2.36. The zero-order valence-corrected chi connectivity index (χ0v) is 21.7. The Morgan fingerprint density at radius 3 is 2.26 bits per heavy atom. The molecule has 1 aliphatic rings. The minimum atomic E-state index is -0.418. The van der Waals surface area contributed by atoms with E-state index in [0.717, 1.165) is 40.8 Å². The lowest BCUT2D eigenvalue weighted by molar-refractivity contribution is 0.0728. The third-order valence-corrected chi connectivity index (χ3v) is 7.64. The number of rotatable bonds is 7. The van der Waals surface area contributed by atoms with Crippen molar-refractivity contribution in [3.63, 3.8) is 0 Å². The smallest absolute Gasteiger partial charge is 0.347 e. The Morgan fingerprint density at radius 2 is 1.62 bits per heavy atom. The van der Waals surface area contributed by atoms with Gasteiger partial charge in [-0.3, -0.25) is 4.90 Å². The number of ether oxygens (including phenoxy) is 2. The standard InChI is InChI=1S/C29H32BrNO3/c1-21-26(28(32)34-24-12-8-5-9-13-24)25(33-20-22-10-6-4-7-11-22)18-23(27(21)30)19-31-16-14-29(2,3)15-17-31/h4-13,18H,14-17,19-20H2,1-3H3. The van der Waals surface area contributed by atoms with Gasteiger partial charge < -0.3 is 9.47 Å². The highest BCUT2D eigenvalue weighted by atomic mass is 79.9. The number of esters is 1. The molecule has 34 heavy (non-hydrogen) atoms. The van der Waals surface area contributed by atoms with Crippen LogP contribution in [-0.2, 0) is 13.2 Å².